The summed E-state index contributed by atoms with van der Waals surface area (Å²) in [5.41, 5.74) is -1.00. The first-order valence-corrected chi connectivity index (χ1v) is 7.63. The number of alkyl halides is 3. The number of hydrogen-bond acceptors (Lipinski definition) is 4. The molecular formula is C14H17F3N6O. The highest BCUT2D eigenvalue weighted by molar-refractivity contribution is 5.76. The molecule has 1 N–H and O–H groups in total. The highest BCUT2D eigenvalue weighted by Crippen LogP contribution is 2.30. The lowest BCUT2D eigenvalue weighted by molar-refractivity contribution is -0.142. The van der Waals surface area contributed by atoms with E-state index < -0.39 is 11.9 Å². The minimum atomic E-state index is -4.52. The van der Waals surface area contributed by atoms with E-state index in [9.17, 15) is 18.0 Å². The molecule has 0 saturated carbocycles. The van der Waals surface area contributed by atoms with E-state index in [1.54, 1.807) is 11.8 Å². The summed E-state index contributed by atoms with van der Waals surface area (Å²) in [6.45, 7) is 2.06. The van der Waals surface area contributed by atoms with Gasteiger partial charge >= 0.3 is 6.18 Å². The highest BCUT2D eigenvalue weighted by Gasteiger charge is 2.34. The zero-order valence-corrected chi connectivity index (χ0v) is 13.0. The van der Waals surface area contributed by atoms with Crippen LogP contribution in [0, 0.1) is 6.92 Å². The van der Waals surface area contributed by atoms with Crippen LogP contribution in [0.4, 0.5) is 13.2 Å². The van der Waals surface area contributed by atoms with Crippen molar-refractivity contribution in [3.63, 3.8) is 0 Å². The lowest BCUT2D eigenvalue weighted by Crippen LogP contribution is -2.40. The minimum absolute atomic E-state index is 0.240. The largest absolute Gasteiger partial charge is 0.435 e. The number of aromatic amines is 1. The van der Waals surface area contributed by atoms with E-state index in [0.717, 1.165) is 36.2 Å². The Morgan fingerprint density at radius 1 is 1.42 bits per heavy atom. The van der Waals surface area contributed by atoms with Gasteiger partial charge in [-0.2, -0.15) is 23.4 Å². The van der Waals surface area contributed by atoms with E-state index in [-0.39, 0.29) is 18.5 Å². The van der Waals surface area contributed by atoms with Crippen LogP contribution in [0.5, 0.6) is 0 Å². The van der Waals surface area contributed by atoms with Crippen LogP contribution < -0.4 is 0 Å². The Hall–Kier alpha value is -2.39. The van der Waals surface area contributed by atoms with Crippen molar-refractivity contribution in [1.29, 1.82) is 0 Å². The average molecular weight is 342 g/mol. The molecule has 1 fully saturated rings. The first kappa shape index (κ1) is 16.5. The number of nitrogens with one attached hydrogen (secondary N) is 1. The van der Waals surface area contributed by atoms with Gasteiger partial charge in [-0.15, -0.1) is 0 Å². The van der Waals surface area contributed by atoms with Gasteiger partial charge in [-0.1, -0.05) is 0 Å². The summed E-state index contributed by atoms with van der Waals surface area (Å²) < 4.78 is 38.8. The number of piperidine rings is 1. The van der Waals surface area contributed by atoms with Gasteiger partial charge in [0.25, 0.3) is 0 Å². The van der Waals surface area contributed by atoms with E-state index in [4.69, 9.17) is 0 Å². The first-order valence-electron chi connectivity index (χ1n) is 7.63. The second-order valence-corrected chi connectivity index (χ2v) is 5.77. The summed E-state index contributed by atoms with van der Waals surface area (Å²) in [5, 5.41) is 10.3. The molecule has 1 aliphatic heterocycles. The smallest absolute Gasteiger partial charge is 0.331 e. The number of aryl methyl sites for hydroxylation is 1. The molecular weight excluding hydrogens is 325 g/mol. The van der Waals surface area contributed by atoms with Crippen LogP contribution in [-0.2, 0) is 17.5 Å². The highest BCUT2D eigenvalue weighted by atomic mass is 19.4. The summed E-state index contributed by atoms with van der Waals surface area (Å²) in [5.74, 6) is 0.904. The molecule has 1 saturated heterocycles. The average Bonchev–Trinajstić information content (AvgIpc) is 3.16. The lowest BCUT2D eigenvalue weighted by atomic mass is 10.0. The predicted molar refractivity (Wildman–Crippen MR) is 76.7 cm³/mol. The van der Waals surface area contributed by atoms with Crippen molar-refractivity contribution in [2.75, 3.05) is 6.54 Å². The Balaban J connectivity index is 1.73. The molecule has 0 radical (unpaired) electrons. The Labute approximate surface area is 135 Å². The first-order chi connectivity index (χ1) is 11.3. The van der Waals surface area contributed by atoms with Crippen molar-refractivity contribution in [3.8, 4) is 0 Å². The molecule has 1 amide bonds. The molecule has 7 nitrogen and oxygen atoms in total. The molecule has 1 aliphatic rings. The summed E-state index contributed by atoms with van der Waals surface area (Å²) >= 11 is 0. The molecule has 2 aromatic rings. The van der Waals surface area contributed by atoms with E-state index in [1.807, 2.05) is 0 Å². The third kappa shape index (κ3) is 3.41. The van der Waals surface area contributed by atoms with Crippen LogP contribution >= 0.6 is 0 Å². The molecule has 10 heteroatoms. The molecule has 0 aliphatic carbocycles. The monoisotopic (exact) mass is 342 g/mol. The van der Waals surface area contributed by atoms with Gasteiger partial charge in [0.2, 0.25) is 5.91 Å². The minimum Gasteiger partial charge on any atom is -0.331 e. The summed E-state index contributed by atoms with van der Waals surface area (Å²) in [4.78, 5) is 18.4. The maximum absolute atomic E-state index is 12.6. The molecule has 0 spiro atoms. The zero-order chi connectivity index (χ0) is 17.3. The fraction of sp³-hybridized carbons (Fsp3) is 0.571. The number of halogens is 3. The molecule has 24 heavy (non-hydrogen) atoms. The van der Waals surface area contributed by atoms with Gasteiger partial charge in [-0.25, -0.2) is 4.98 Å². The van der Waals surface area contributed by atoms with Crippen molar-refractivity contribution in [2.24, 2.45) is 0 Å². The van der Waals surface area contributed by atoms with Gasteiger partial charge in [0, 0.05) is 12.7 Å². The second kappa shape index (κ2) is 6.25. The van der Waals surface area contributed by atoms with Crippen LogP contribution in [0.3, 0.4) is 0 Å². The number of H-pyrrole nitrogens is 1. The molecule has 130 valence electrons. The van der Waals surface area contributed by atoms with E-state index in [0.29, 0.717) is 18.2 Å². The van der Waals surface area contributed by atoms with Crippen molar-refractivity contribution in [2.45, 2.75) is 44.9 Å². The predicted octanol–water partition coefficient (Wildman–Crippen LogP) is 2.08. The molecule has 1 atom stereocenters. The van der Waals surface area contributed by atoms with E-state index >= 15 is 0 Å². The van der Waals surface area contributed by atoms with E-state index in [2.05, 4.69) is 20.3 Å². The number of hydrogen-bond donors (Lipinski definition) is 1. The number of carbonyl (C=O) groups excluding carboxylic acids is 1. The Morgan fingerprint density at radius 3 is 2.83 bits per heavy atom. The fourth-order valence-corrected chi connectivity index (χ4v) is 2.84. The topological polar surface area (TPSA) is 79.7 Å². The second-order valence-electron chi connectivity index (χ2n) is 5.77. The van der Waals surface area contributed by atoms with Crippen molar-refractivity contribution < 1.29 is 18.0 Å². The van der Waals surface area contributed by atoms with Crippen LogP contribution in [0.1, 0.15) is 42.6 Å². The van der Waals surface area contributed by atoms with Gasteiger partial charge in [-0.05, 0) is 32.3 Å². The zero-order valence-electron chi connectivity index (χ0n) is 13.0. The SMILES string of the molecule is Cc1nc([C@H]2CCCCN2C(=O)Cn2ccc(C(F)(F)F)n2)n[nH]1. The van der Waals surface area contributed by atoms with Crippen LogP contribution in [0.25, 0.3) is 0 Å². The quantitative estimate of drug-likeness (QED) is 0.926. The summed E-state index contributed by atoms with van der Waals surface area (Å²) in [6, 6.07) is 0.605. The fourth-order valence-electron chi connectivity index (χ4n) is 2.84. The van der Waals surface area contributed by atoms with Crippen LogP contribution in [0.2, 0.25) is 0 Å². The Bertz CT molecular complexity index is 722. The normalized spacial score (nSPS) is 18.8. The summed E-state index contributed by atoms with van der Waals surface area (Å²) in [7, 11) is 0. The van der Waals surface area contributed by atoms with Crippen molar-refractivity contribution in [3.05, 3.63) is 29.6 Å². The van der Waals surface area contributed by atoms with Gasteiger partial charge in [0.05, 0.1) is 6.04 Å². The van der Waals surface area contributed by atoms with Gasteiger partial charge in [0.1, 0.15) is 12.4 Å². The number of amides is 1. The van der Waals surface area contributed by atoms with Crippen LogP contribution in [-0.4, -0.2) is 42.3 Å². The molecule has 3 heterocycles. The molecule has 0 bridgehead atoms. The van der Waals surface area contributed by atoms with Gasteiger partial charge < -0.3 is 4.90 Å². The number of aromatic nitrogens is 5. The Morgan fingerprint density at radius 2 is 2.21 bits per heavy atom. The van der Waals surface area contributed by atoms with Gasteiger partial charge in [-0.3, -0.25) is 14.6 Å². The maximum atomic E-state index is 12.6. The number of rotatable bonds is 3. The molecule has 2 aromatic heterocycles. The number of nitrogens with zero attached hydrogens (tertiary/aromatic N) is 5. The number of likely N-dealkylation sites (tertiary alicyclic amines) is 1. The van der Waals surface area contributed by atoms with Crippen molar-refractivity contribution >= 4 is 5.91 Å². The lowest BCUT2D eigenvalue weighted by Gasteiger charge is -2.34. The van der Waals surface area contributed by atoms with Crippen molar-refractivity contribution in [1.82, 2.24) is 29.9 Å². The Kier molecular flexibility index (Phi) is 4.29. The standard InChI is InChI=1S/C14H17F3N6O/c1-9-18-13(20-19-9)10-4-2-3-6-23(10)12(24)8-22-7-5-11(21-22)14(15,16)17/h5,7,10H,2-4,6,8H2,1H3,(H,18,19,20)/t10-/m1/s1. The van der Waals surface area contributed by atoms with Crippen LogP contribution in [0.15, 0.2) is 12.3 Å². The molecule has 0 aromatic carbocycles. The molecule has 0 unspecified atom stereocenters. The molecule has 3 rings (SSSR count). The third-order valence-electron chi connectivity index (χ3n) is 3.96. The number of carbonyl (C=O) groups is 1. The maximum Gasteiger partial charge on any atom is 0.435 e. The van der Waals surface area contributed by atoms with Gasteiger partial charge in [0.15, 0.2) is 11.5 Å². The summed E-state index contributed by atoms with van der Waals surface area (Å²) in [6.07, 6.45) is -0.828. The van der Waals surface area contributed by atoms with E-state index in [1.165, 1.54) is 0 Å². The third-order valence-corrected chi connectivity index (χ3v) is 3.96.